The second-order valence-corrected chi connectivity index (χ2v) is 29.9. The third-order valence-electron chi connectivity index (χ3n) is 17.1. The summed E-state index contributed by atoms with van der Waals surface area (Å²) in [5, 5.41) is 1.88. The number of nitrogens with zero attached hydrogens (tertiary/aromatic N) is 4. The highest BCUT2D eigenvalue weighted by molar-refractivity contribution is 9.11. The fourth-order valence-corrected chi connectivity index (χ4v) is 16.7. The Labute approximate surface area is 512 Å². The molecule has 6 heterocycles. The summed E-state index contributed by atoms with van der Waals surface area (Å²) in [5.74, 6) is 0.701. The van der Waals surface area contributed by atoms with Crippen LogP contribution in [-0.2, 0) is 9.59 Å². The predicted octanol–water partition coefficient (Wildman–Crippen LogP) is 23.9. The zero-order valence-corrected chi connectivity index (χ0v) is 55.8. The van der Waals surface area contributed by atoms with Gasteiger partial charge in [-0.05, 0) is 84.6 Å². The topological polar surface area (TPSA) is 66.4 Å². The highest BCUT2D eigenvalue weighted by Gasteiger charge is 2.50. The summed E-state index contributed by atoms with van der Waals surface area (Å²) in [6, 6.07) is 8.55. The molecule has 0 aliphatic carbocycles. The maximum atomic E-state index is 16.0. The third kappa shape index (κ3) is 22.2. The van der Waals surface area contributed by atoms with Crippen LogP contribution in [0.3, 0.4) is 0 Å². The summed E-state index contributed by atoms with van der Waals surface area (Å²) < 4.78 is 1.07. The molecule has 4 aromatic heterocycles. The molecule has 0 fully saturated rings. The Morgan fingerprint density at radius 1 is 0.388 bits per heavy atom. The lowest BCUT2D eigenvalue weighted by molar-refractivity contribution is -0.124. The zero-order chi connectivity index (χ0) is 56.6. The average Bonchev–Trinajstić information content (AvgIpc) is 4.38. The number of aromatic nitrogens is 2. The molecule has 80 heavy (non-hydrogen) atoms. The fourth-order valence-electron chi connectivity index (χ4n) is 12.4. The molecule has 2 unspecified atom stereocenters. The Balaban J connectivity index is 1.32. The number of hydrogen-bond acceptors (Lipinski definition) is 8. The van der Waals surface area contributed by atoms with Gasteiger partial charge in [0.25, 0.3) is 11.8 Å². The van der Waals surface area contributed by atoms with Crippen molar-refractivity contribution in [2.75, 3.05) is 13.1 Å². The molecule has 2 aliphatic heterocycles. The van der Waals surface area contributed by atoms with E-state index in [1.165, 1.54) is 236 Å². The van der Waals surface area contributed by atoms with E-state index >= 15 is 9.59 Å². The first-order valence-corrected chi connectivity index (χ1v) is 37.2. The van der Waals surface area contributed by atoms with Crippen LogP contribution in [0.2, 0.25) is 0 Å². The van der Waals surface area contributed by atoms with Crippen molar-refractivity contribution in [3.05, 3.63) is 66.2 Å². The van der Waals surface area contributed by atoms with Crippen LogP contribution in [0, 0.1) is 18.8 Å². The number of thiophene rings is 2. The zero-order valence-electron chi connectivity index (χ0n) is 50.9. The molecular formula is C69H107BrN4O2S4. The molecule has 0 spiro atoms. The van der Waals surface area contributed by atoms with E-state index < -0.39 is 0 Å². The smallest absolute Gasteiger partial charge is 0.261 e. The van der Waals surface area contributed by atoms with E-state index in [0.29, 0.717) is 36.1 Å². The number of thiazole rings is 2. The van der Waals surface area contributed by atoms with E-state index in [9.17, 15) is 0 Å². The molecule has 2 amide bonds. The Morgan fingerprint density at radius 2 is 0.688 bits per heavy atom. The third-order valence-corrected chi connectivity index (χ3v) is 22.1. The lowest BCUT2D eigenvalue weighted by atomic mass is 9.93. The maximum absolute atomic E-state index is 16.0. The van der Waals surface area contributed by atoms with Gasteiger partial charge in [0.15, 0.2) is 0 Å². The molecule has 446 valence electrons. The lowest BCUT2D eigenvalue weighted by Crippen LogP contribution is -2.34. The summed E-state index contributed by atoms with van der Waals surface area (Å²) in [5.41, 5.74) is 2.80. The Hall–Kier alpha value is -2.44. The fraction of sp³-hybridized carbons (Fsp3) is 0.710. The van der Waals surface area contributed by atoms with Crippen LogP contribution in [-0.4, -0.2) is 44.7 Å². The Morgan fingerprint density at radius 3 is 0.975 bits per heavy atom. The predicted molar refractivity (Wildman–Crippen MR) is 355 cm³/mol. The molecule has 0 aromatic carbocycles. The van der Waals surface area contributed by atoms with Crippen LogP contribution in [0.5, 0.6) is 0 Å². The van der Waals surface area contributed by atoms with E-state index in [2.05, 4.69) is 84.6 Å². The minimum Gasteiger partial charge on any atom is -0.306 e. The number of carbonyl (C=O) groups is 2. The molecule has 0 bridgehead atoms. The van der Waals surface area contributed by atoms with Crippen molar-refractivity contribution in [2.45, 2.75) is 291 Å². The second-order valence-electron chi connectivity index (χ2n) is 24.1. The summed E-state index contributed by atoms with van der Waals surface area (Å²) in [4.78, 5) is 51.6. The number of aryl methyl sites for hydroxylation is 1. The van der Waals surface area contributed by atoms with Gasteiger partial charge in [-0.3, -0.25) is 9.59 Å². The largest absolute Gasteiger partial charge is 0.306 e. The van der Waals surface area contributed by atoms with Crippen molar-refractivity contribution in [3.63, 3.8) is 0 Å². The van der Waals surface area contributed by atoms with Gasteiger partial charge in [-0.15, -0.1) is 45.3 Å². The van der Waals surface area contributed by atoms with Crippen LogP contribution in [0.25, 0.3) is 31.2 Å². The van der Waals surface area contributed by atoms with Crippen LogP contribution in [0.4, 0.5) is 0 Å². The molecule has 6 rings (SSSR count). The van der Waals surface area contributed by atoms with Gasteiger partial charge in [-0.1, -0.05) is 259 Å². The van der Waals surface area contributed by atoms with Gasteiger partial charge in [0.05, 0.1) is 45.8 Å². The van der Waals surface area contributed by atoms with Crippen molar-refractivity contribution in [2.24, 2.45) is 11.8 Å². The number of halogens is 1. The second kappa shape index (κ2) is 39.2. The van der Waals surface area contributed by atoms with Gasteiger partial charge in [-0.25, -0.2) is 9.97 Å². The SMILES string of the molecule is CCCCCCCCCCCCC(CCCCCCCCCC)CN1C(=O)C2=C(c3cnc(-c4ccc(Br)s4)s3)N(CC(CCCCCCCCCC)CCCCCCCCCCCC)C(=O)C2=C1c1cnc(-c2ccc(C)s2)s1. The number of amides is 2. The molecule has 11 heteroatoms. The number of fused-ring (bicyclic) bond motifs is 1. The number of unbranched alkanes of at least 4 members (excludes halogenated alkanes) is 32. The van der Waals surface area contributed by atoms with Gasteiger partial charge >= 0.3 is 0 Å². The van der Waals surface area contributed by atoms with Crippen molar-refractivity contribution in [3.8, 4) is 19.8 Å². The number of hydrogen-bond donors (Lipinski definition) is 0. The summed E-state index contributed by atoms with van der Waals surface area (Å²) >= 11 is 10.4. The van der Waals surface area contributed by atoms with Crippen molar-refractivity contribution < 1.29 is 9.59 Å². The van der Waals surface area contributed by atoms with Gasteiger partial charge in [-0.2, -0.15) is 0 Å². The first-order chi connectivity index (χ1) is 39.3. The number of rotatable bonds is 48. The molecular weight excluding hydrogens is 1120 g/mol. The summed E-state index contributed by atoms with van der Waals surface area (Å²) in [7, 11) is 0. The van der Waals surface area contributed by atoms with Crippen LogP contribution >= 0.6 is 61.3 Å². The monoisotopic (exact) mass is 1230 g/mol. The molecule has 0 saturated heterocycles. The van der Waals surface area contributed by atoms with Gasteiger partial charge in [0.2, 0.25) is 0 Å². The molecule has 2 atom stereocenters. The highest BCUT2D eigenvalue weighted by atomic mass is 79.9. The van der Waals surface area contributed by atoms with E-state index in [-0.39, 0.29) is 11.8 Å². The quantitative estimate of drug-likeness (QED) is 0.0413. The van der Waals surface area contributed by atoms with Gasteiger partial charge in [0.1, 0.15) is 10.0 Å². The Bertz CT molecular complexity index is 2240. The summed E-state index contributed by atoms with van der Waals surface area (Å²) in [6.45, 7) is 12.6. The molecule has 0 N–H and O–H groups in total. The Kier molecular flexibility index (Phi) is 32.7. The normalized spacial score (nSPS) is 14.5. The number of carbonyl (C=O) groups excluding carboxylic acids is 2. The van der Waals surface area contributed by atoms with E-state index in [0.717, 1.165) is 70.4 Å². The summed E-state index contributed by atoms with van der Waals surface area (Å²) in [6.07, 6.45) is 55.4. The van der Waals surface area contributed by atoms with Crippen LogP contribution < -0.4 is 0 Å². The first-order valence-electron chi connectivity index (χ1n) is 33.1. The van der Waals surface area contributed by atoms with Gasteiger partial charge in [0, 0.05) is 30.4 Å². The highest BCUT2D eigenvalue weighted by Crippen LogP contribution is 2.51. The molecule has 2 aliphatic rings. The van der Waals surface area contributed by atoms with Crippen LogP contribution in [0.15, 0.2) is 51.6 Å². The van der Waals surface area contributed by atoms with Crippen molar-refractivity contribution >= 4 is 84.5 Å². The minimum absolute atomic E-state index is 0.00472. The van der Waals surface area contributed by atoms with E-state index in [1.54, 1.807) is 45.3 Å². The minimum atomic E-state index is -0.00472. The molecule has 4 aromatic rings. The van der Waals surface area contributed by atoms with Crippen molar-refractivity contribution in [1.29, 1.82) is 0 Å². The average molecular weight is 1230 g/mol. The van der Waals surface area contributed by atoms with Gasteiger partial charge < -0.3 is 9.80 Å². The first kappa shape index (κ1) is 66.7. The van der Waals surface area contributed by atoms with Crippen molar-refractivity contribution in [1.82, 2.24) is 19.8 Å². The lowest BCUT2D eigenvalue weighted by Gasteiger charge is -2.29. The van der Waals surface area contributed by atoms with Crippen LogP contribution in [0.1, 0.15) is 299 Å². The van der Waals surface area contributed by atoms with E-state index in [4.69, 9.17) is 9.97 Å². The maximum Gasteiger partial charge on any atom is 0.261 e. The molecule has 6 nitrogen and oxygen atoms in total. The van der Waals surface area contributed by atoms with E-state index in [1.807, 2.05) is 12.4 Å². The molecule has 0 radical (unpaired) electrons. The standard InChI is InChI=1S/C69H107BrN4O2S4/c1-6-10-14-18-22-26-28-32-36-40-44-55(42-38-34-30-24-20-16-12-8-3)52-73-64(59-50-71-66(79-59)57-47-46-54(5)77-57)62-63(69(73)76)65(60-51-72-67(80-60)58-48-49-61(70)78-58)74(68(62)75)53-56(43-39-35-31-25-21-17-13-9-4)45-41-37-33-29-27-23-19-15-11-7-2/h46-51,55-56H,6-45,52-53H2,1-5H3. The molecule has 0 saturated carbocycles.